The second-order valence-electron chi connectivity index (χ2n) is 9.20. The molecular weight excluding hydrogens is 421 g/mol. The number of hydrogen-bond donors (Lipinski definition) is 1. The van der Waals surface area contributed by atoms with Gasteiger partial charge < -0.3 is 19.9 Å². The van der Waals surface area contributed by atoms with Gasteiger partial charge in [-0.1, -0.05) is 0 Å². The minimum absolute atomic E-state index is 0.139. The van der Waals surface area contributed by atoms with Gasteiger partial charge in [-0.05, 0) is 81.1 Å². The van der Waals surface area contributed by atoms with Crippen molar-refractivity contribution in [2.24, 2.45) is 0 Å². The van der Waals surface area contributed by atoms with Gasteiger partial charge in [0.1, 0.15) is 11.6 Å². The number of likely N-dealkylation sites (N-methyl/N-ethyl adjacent to an activating group) is 1. The number of benzene rings is 2. The Morgan fingerprint density at radius 1 is 1.03 bits per heavy atom. The van der Waals surface area contributed by atoms with Crippen LogP contribution in [0.2, 0.25) is 0 Å². The minimum Gasteiger partial charge on any atom is -0.483 e. The van der Waals surface area contributed by atoms with Crippen molar-refractivity contribution in [2.75, 3.05) is 36.5 Å². The van der Waals surface area contributed by atoms with Gasteiger partial charge in [-0.3, -0.25) is 9.59 Å². The molecular formula is C26H30FN3O3. The molecule has 0 spiro atoms. The second kappa shape index (κ2) is 9.14. The molecule has 0 radical (unpaired) electrons. The fraction of sp³-hybridized carbons (Fsp3) is 0.462. The van der Waals surface area contributed by atoms with Crippen LogP contribution in [0.1, 0.15) is 48.0 Å². The number of amides is 1. The van der Waals surface area contributed by atoms with E-state index in [1.807, 2.05) is 24.1 Å². The number of anilines is 2. The van der Waals surface area contributed by atoms with Crippen molar-refractivity contribution < 1.29 is 18.7 Å². The van der Waals surface area contributed by atoms with Crippen molar-refractivity contribution in [2.45, 2.75) is 50.7 Å². The maximum absolute atomic E-state index is 15.0. The Morgan fingerprint density at radius 2 is 1.91 bits per heavy atom. The van der Waals surface area contributed by atoms with Crippen LogP contribution in [0, 0.1) is 5.82 Å². The van der Waals surface area contributed by atoms with Crippen LogP contribution in [0.4, 0.5) is 15.8 Å². The largest absolute Gasteiger partial charge is 0.483 e. The van der Waals surface area contributed by atoms with E-state index in [9.17, 15) is 14.0 Å². The van der Waals surface area contributed by atoms with Crippen molar-refractivity contribution in [1.29, 1.82) is 0 Å². The lowest BCUT2D eigenvalue weighted by atomic mass is 9.95. The summed E-state index contributed by atoms with van der Waals surface area (Å²) in [6.45, 7) is 2.07. The van der Waals surface area contributed by atoms with Gasteiger partial charge in [-0.25, -0.2) is 4.39 Å². The summed E-state index contributed by atoms with van der Waals surface area (Å²) in [6.07, 6.45) is 4.51. The molecule has 1 unspecified atom stereocenters. The number of ether oxygens (including phenoxy) is 1. The molecule has 2 aromatic carbocycles. The lowest BCUT2D eigenvalue weighted by Crippen LogP contribution is -2.38. The molecule has 0 bridgehead atoms. The van der Waals surface area contributed by atoms with E-state index in [4.69, 9.17) is 4.74 Å². The molecule has 2 fully saturated rings. The maximum Gasteiger partial charge on any atom is 0.258 e. The number of carbonyl (C=O) groups excluding carboxylic acids is 2. The Balaban J connectivity index is 1.31. The summed E-state index contributed by atoms with van der Waals surface area (Å²) in [4.78, 5) is 29.0. The lowest BCUT2D eigenvalue weighted by Gasteiger charge is -2.30. The molecule has 2 heterocycles. The number of halogens is 1. The van der Waals surface area contributed by atoms with Crippen LogP contribution in [-0.4, -0.2) is 50.5 Å². The predicted molar refractivity (Wildman–Crippen MR) is 126 cm³/mol. The number of nitrogens with one attached hydrogen (secondary N) is 1. The van der Waals surface area contributed by atoms with Crippen LogP contribution in [0.15, 0.2) is 36.4 Å². The third kappa shape index (κ3) is 4.34. The SMILES string of the molecule is CN[C@@H]1CCN(c2ccc(N3CCc4cc(OC5CCCCC5=O)ccc4C3=O)cc2F)C1. The van der Waals surface area contributed by atoms with Crippen molar-refractivity contribution in [3.8, 4) is 5.75 Å². The summed E-state index contributed by atoms with van der Waals surface area (Å²) in [5, 5.41) is 3.25. The number of carbonyl (C=O) groups is 2. The van der Waals surface area contributed by atoms with Crippen molar-refractivity contribution in [3.05, 3.63) is 53.3 Å². The van der Waals surface area contributed by atoms with E-state index in [-0.39, 0.29) is 23.6 Å². The zero-order valence-corrected chi connectivity index (χ0v) is 19.0. The molecule has 3 aliphatic rings. The zero-order valence-electron chi connectivity index (χ0n) is 19.0. The van der Waals surface area contributed by atoms with Gasteiger partial charge in [0.25, 0.3) is 5.91 Å². The van der Waals surface area contributed by atoms with E-state index in [1.54, 1.807) is 23.1 Å². The monoisotopic (exact) mass is 451 g/mol. The number of nitrogens with zero attached hydrogens (tertiary/aromatic N) is 2. The van der Waals surface area contributed by atoms with Gasteiger partial charge in [0.2, 0.25) is 0 Å². The van der Waals surface area contributed by atoms with Crippen LogP contribution < -0.4 is 19.9 Å². The minimum atomic E-state index is -0.381. The fourth-order valence-corrected chi connectivity index (χ4v) is 5.16. The highest BCUT2D eigenvalue weighted by molar-refractivity contribution is 6.08. The Hall–Kier alpha value is -2.93. The zero-order chi connectivity index (χ0) is 22.9. The Morgan fingerprint density at radius 3 is 2.67 bits per heavy atom. The molecule has 2 aliphatic heterocycles. The fourth-order valence-electron chi connectivity index (χ4n) is 5.16. The average Bonchev–Trinajstić information content (AvgIpc) is 3.30. The molecule has 2 atom stereocenters. The molecule has 174 valence electrons. The van der Waals surface area contributed by atoms with Gasteiger partial charge in [0.15, 0.2) is 11.9 Å². The van der Waals surface area contributed by atoms with E-state index >= 15 is 0 Å². The van der Waals surface area contributed by atoms with Gasteiger partial charge in [-0.15, -0.1) is 0 Å². The normalized spacial score (nSPS) is 23.1. The standard InChI is InChI=1S/C26H30FN3O3/c1-28-18-11-12-29(16-18)23-9-6-19(15-22(23)27)30-13-10-17-14-20(7-8-21(17)26(30)32)33-25-5-3-2-4-24(25)31/h6-9,14-15,18,25,28H,2-5,10-13,16H2,1H3/t18-,25?/m1/s1. The Labute approximate surface area is 193 Å². The first kappa shape index (κ1) is 21.9. The topological polar surface area (TPSA) is 61.9 Å². The summed E-state index contributed by atoms with van der Waals surface area (Å²) in [5.41, 5.74) is 2.67. The first-order valence-electron chi connectivity index (χ1n) is 11.9. The third-order valence-electron chi connectivity index (χ3n) is 7.11. The highest BCUT2D eigenvalue weighted by Gasteiger charge is 2.29. The molecule has 2 aromatic rings. The molecule has 1 saturated heterocycles. The van der Waals surface area contributed by atoms with E-state index in [0.717, 1.165) is 44.3 Å². The number of rotatable bonds is 5. The average molecular weight is 452 g/mol. The highest BCUT2D eigenvalue weighted by Crippen LogP contribution is 2.32. The summed E-state index contributed by atoms with van der Waals surface area (Å²) < 4.78 is 20.9. The molecule has 6 nitrogen and oxygen atoms in total. The molecule has 1 amide bonds. The summed E-state index contributed by atoms with van der Waals surface area (Å²) in [6, 6.07) is 10.9. The molecule has 1 aliphatic carbocycles. The Bertz CT molecular complexity index is 1070. The van der Waals surface area contributed by atoms with Crippen LogP contribution >= 0.6 is 0 Å². The summed E-state index contributed by atoms with van der Waals surface area (Å²) in [7, 11) is 1.93. The molecule has 5 rings (SSSR count). The van der Waals surface area contributed by atoms with Crippen molar-refractivity contribution in [1.82, 2.24) is 5.32 Å². The predicted octanol–water partition coefficient (Wildman–Crippen LogP) is 3.72. The molecule has 33 heavy (non-hydrogen) atoms. The smallest absolute Gasteiger partial charge is 0.258 e. The van der Waals surface area contributed by atoms with Gasteiger partial charge in [0.05, 0.1) is 5.69 Å². The molecule has 0 aromatic heterocycles. The second-order valence-corrected chi connectivity index (χ2v) is 9.20. The number of ketones is 1. The van der Waals surface area contributed by atoms with Crippen LogP contribution in [-0.2, 0) is 11.2 Å². The van der Waals surface area contributed by atoms with E-state index in [1.165, 1.54) is 6.07 Å². The van der Waals surface area contributed by atoms with E-state index in [0.29, 0.717) is 48.1 Å². The number of fused-ring (bicyclic) bond motifs is 1. The lowest BCUT2D eigenvalue weighted by molar-refractivity contribution is -0.127. The van der Waals surface area contributed by atoms with Crippen molar-refractivity contribution >= 4 is 23.1 Å². The molecule has 7 heteroatoms. The molecule has 1 N–H and O–H groups in total. The maximum atomic E-state index is 15.0. The highest BCUT2D eigenvalue weighted by atomic mass is 19.1. The van der Waals surface area contributed by atoms with Gasteiger partial charge >= 0.3 is 0 Å². The third-order valence-corrected chi connectivity index (χ3v) is 7.11. The van der Waals surface area contributed by atoms with Gasteiger partial charge in [0, 0.05) is 43.3 Å². The van der Waals surface area contributed by atoms with E-state index in [2.05, 4.69) is 5.32 Å². The number of hydrogen-bond acceptors (Lipinski definition) is 5. The van der Waals surface area contributed by atoms with E-state index < -0.39 is 0 Å². The quantitative estimate of drug-likeness (QED) is 0.751. The van der Waals surface area contributed by atoms with Crippen LogP contribution in [0.5, 0.6) is 5.75 Å². The summed E-state index contributed by atoms with van der Waals surface area (Å²) >= 11 is 0. The van der Waals surface area contributed by atoms with Crippen molar-refractivity contribution in [3.63, 3.8) is 0 Å². The van der Waals surface area contributed by atoms with Gasteiger partial charge in [-0.2, -0.15) is 0 Å². The summed E-state index contributed by atoms with van der Waals surface area (Å²) in [5.74, 6) is 0.349. The van der Waals surface area contributed by atoms with Crippen LogP contribution in [0.25, 0.3) is 0 Å². The number of Topliss-reactive ketones (excluding diaryl/α,β-unsaturated/α-hetero) is 1. The molecule has 1 saturated carbocycles. The Kier molecular flexibility index (Phi) is 6.06. The van der Waals surface area contributed by atoms with Crippen LogP contribution in [0.3, 0.4) is 0 Å². The first-order valence-corrected chi connectivity index (χ1v) is 11.9. The first-order chi connectivity index (χ1) is 16.0.